The van der Waals surface area contributed by atoms with Crippen LogP contribution in [0.3, 0.4) is 0 Å². The second-order valence-electron chi connectivity index (χ2n) is 4.96. The first-order chi connectivity index (χ1) is 9.16. The summed E-state index contributed by atoms with van der Waals surface area (Å²) >= 11 is 3.61. The monoisotopic (exact) mass is 321 g/mol. The number of hydrogen-bond acceptors (Lipinski definition) is 2. The Morgan fingerprint density at radius 1 is 1.32 bits per heavy atom. The highest BCUT2D eigenvalue weighted by molar-refractivity contribution is 9.09. The van der Waals surface area contributed by atoms with Crippen molar-refractivity contribution in [2.75, 3.05) is 13.1 Å². The van der Waals surface area contributed by atoms with Crippen molar-refractivity contribution in [3.8, 4) is 0 Å². The number of rotatable bonds is 1. The molecule has 1 saturated heterocycles. The lowest BCUT2D eigenvalue weighted by atomic mass is 10.1. The van der Waals surface area contributed by atoms with E-state index < -0.39 is 0 Å². The summed E-state index contributed by atoms with van der Waals surface area (Å²) in [6.07, 6.45) is 2.02. The number of carbonyl (C=O) groups excluding carboxylic acids is 1. The van der Waals surface area contributed by atoms with Gasteiger partial charge >= 0.3 is 0 Å². The number of hydrogen-bond donors (Lipinski definition) is 0. The van der Waals surface area contributed by atoms with Crippen molar-refractivity contribution in [1.29, 1.82) is 0 Å². The van der Waals surface area contributed by atoms with Crippen molar-refractivity contribution in [2.24, 2.45) is 7.05 Å². The predicted molar refractivity (Wildman–Crippen MR) is 78.6 cm³/mol. The Hall–Kier alpha value is -1.36. The third kappa shape index (κ3) is 2.27. The molecule has 3 rings (SSSR count). The van der Waals surface area contributed by atoms with Crippen LogP contribution in [-0.2, 0) is 7.05 Å². The van der Waals surface area contributed by atoms with E-state index in [4.69, 9.17) is 0 Å². The Morgan fingerprint density at radius 3 is 2.74 bits per heavy atom. The zero-order chi connectivity index (χ0) is 13.4. The van der Waals surface area contributed by atoms with Crippen LogP contribution in [0.15, 0.2) is 24.3 Å². The summed E-state index contributed by atoms with van der Waals surface area (Å²) in [4.78, 5) is 15.0. The molecule has 4 nitrogen and oxygen atoms in total. The Kier molecular flexibility index (Phi) is 3.31. The molecule has 1 aromatic heterocycles. The van der Waals surface area contributed by atoms with E-state index in [1.54, 1.807) is 4.68 Å². The molecule has 2 heterocycles. The zero-order valence-corrected chi connectivity index (χ0v) is 12.4. The lowest BCUT2D eigenvalue weighted by molar-refractivity contribution is 0.0723. The highest BCUT2D eigenvalue weighted by Crippen LogP contribution is 2.22. The summed E-state index contributed by atoms with van der Waals surface area (Å²) < 4.78 is 1.78. The molecule has 1 aliphatic heterocycles. The predicted octanol–water partition coefficient (Wildman–Crippen LogP) is 2.57. The molecule has 0 spiro atoms. The molecule has 5 heteroatoms. The third-order valence-corrected chi connectivity index (χ3v) is 4.59. The maximum atomic E-state index is 12.6. The molecule has 1 aliphatic rings. The van der Waals surface area contributed by atoms with Gasteiger partial charge in [-0.15, -0.1) is 0 Å². The van der Waals surface area contributed by atoms with Crippen LogP contribution in [0.1, 0.15) is 23.3 Å². The number of amides is 1. The van der Waals surface area contributed by atoms with Crippen LogP contribution in [0, 0.1) is 0 Å². The number of alkyl halides is 1. The van der Waals surface area contributed by atoms with E-state index in [0.717, 1.165) is 36.8 Å². The number of benzene rings is 1. The van der Waals surface area contributed by atoms with Gasteiger partial charge in [0.25, 0.3) is 5.91 Å². The second-order valence-corrected chi connectivity index (χ2v) is 6.25. The molecule has 2 aromatic rings. The lowest BCUT2D eigenvalue weighted by Gasteiger charge is -2.28. The SMILES string of the molecule is Cn1nc(C(=O)N2CCC(Br)CC2)c2ccccc21. The summed E-state index contributed by atoms with van der Waals surface area (Å²) in [7, 11) is 1.88. The summed E-state index contributed by atoms with van der Waals surface area (Å²) in [5.41, 5.74) is 1.58. The summed E-state index contributed by atoms with van der Waals surface area (Å²) in [6, 6.07) is 7.87. The maximum absolute atomic E-state index is 12.6. The molecule has 0 radical (unpaired) electrons. The maximum Gasteiger partial charge on any atom is 0.275 e. The molecule has 0 atom stereocenters. The first kappa shape index (κ1) is 12.7. The highest BCUT2D eigenvalue weighted by Gasteiger charge is 2.25. The van der Waals surface area contributed by atoms with Crippen molar-refractivity contribution in [1.82, 2.24) is 14.7 Å². The summed E-state index contributed by atoms with van der Waals surface area (Å²) in [5.74, 6) is 0.0520. The molecule has 0 saturated carbocycles. The number of aryl methyl sites for hydroxylation is 1. The molecule has 1 amide bonds. The largest absolute Gasteiger partial charge is 0.337 e. The number of likely N-dealkylation sites (tertiary alicyclic amines) is 1. The smallest absolute Gasteiger partial charge is 0.275 e. The number of halogens is 1. The molecule has 0 aliphatic carbocycles. The molecule has 19 heavy (non-hydrogen) atoms. The van der Waals surface area contributed by atoms with Gasteiger partial charge < -0.3 is 4.90 Å². The van der Waals surface area contributed by atoms with E-state index in [1.165, 1.54) is 0 Å². The number of nitrogens with zero attached hydrogens (tertiary/aromatic N) is 3. The van der Waals surface area contributed by atoms with Crippen molar-refractivity contribution in [3.63, 3.8) is 0 Å². The van der Waals surface area contributed by atoms with Gasteiger partial charge in [0.2, 0.25) is 0 Å². The van der Waals surface area contributed by atoms with E-state index in [1.807, 2.05) is 36.2 Å². The van der Waals surface area contributed by atoms with Crippen LogP contribution >= 0.6 is 15.9 Å². The molecule has 1 aromatic carbocycles. The third-order valence-electron chi connectivity index (χ3n) is 3.67. The van der Waals surface area contributed by atoms with E-state index in [-0.39, 0.29) is 5.91 Å². The number of para-hydroxylation sites is 1. The first-order valence-corrected chi connectivity index (χ1v) is 7.43. The second kappa shape index (κ2) is 4.96. The summed E-state index contributed by atoms with van der Waals surface area (Å²) in [6.45, 7) is 1.61. The minimum Gasteiger partial charge on any atom is -0.337 e. The van der Waals surface area contributed by atoms with Crippen molar-refractivity contribution < 1.29 is 4.79 Å². The van der Waals surface area contributed by atoms with Crippen LogP contribution in [-0.4, -0.2) is 38.5 Å². The van der Waals surface area contributed by atoms with Gasteiger partial charge in [0.1, 0.15) is 0 Å². The quantitative estimate of drug-likeness (QED) is 0.757. The number of aromatic nitrogens is 2. The van der Waals surface area contributed by atoms with Crippen LogP contribution in [0.2, 0.25) is 0 Å². The van der Waals surface area contributed by atoms with Gasteiger partial charge in [-0.3, -0.25) is 9.48 Å². The minimum atomic E-state index is 0.0520. The number of carbonyl (C=O) groups is 1. The van der Waals surface area contributed by atoms with Gasteiger partial charge in [-0.25, -0.2) is 0 Å². The van der Waals surface area contributed by atoms with Crippen LogP contribution < -0.4 is 0 Å². The fourth-order valence-electron chi connectivity index (χ4n) is 2.57. The van der Waals surface area contributed by atoms with Gasteiger partial charge in [0.05, 0.1) is 5.52 Å². The fraction of sp³-hybridized carbons (Fsp3) is 0.429. The van der Waals surface area contributed by atoms with E-state index >= 15 is 0 Å². The Labute approximate surface area is 120 Å². The van der Waals surface area contributed by atoms with Gasteiger partial charge in [0.15, 0.2) is 5.69 Å². The molecule has 100 valence electrons. The minimum absolute atomic E-state index is 0.0520. The number of fused-ring (bicyclic) bond motifs is 1. The van der Waals surface area contributed by atoms with Crippen LogP contribution in [0.25, 0.3) is 10.9 Å². The normalized spacial score (nSPS) is 17.1. The van der Waals surface area contributed by atoms with Crippen LogP contribution in [0.5, 0.6) is 0 Å². The van der Waals surface area contributed by atoms with Crippen LogP contribution in [0.4, 0.5) is 0 Å². The first-order valence-electron chi connectivity index (χ1n) is 6.52. The van der Waals surface area contributed by atoms with E-state index in [2.05, 4.69) is 21.0 Å². The van der Waals surface area contributed by atoms with Gasteiger partial charge in [-0.2, -0.15) is 5.10 Å². The average molecular weight is 322 g/mol. The topological polar surface area (TPSA) is 38.1 Å². The number of piperidine rings is 1. The van der Waals surface area contributed by atoms with Crippen molar-refractivity contribution >= 4 is 32.7 Å². The van der Waals surface area contributed by atoms with Gasteiger partial charge in [0, 0.05) is 30.4 Å². The zero-order valence-electron chi connectivity index (χ0n) is 10.8. The average Bonchev–Trinajstić information content (AvgIpc) is 2.77. The summed E-state index contributed by atoms with van der Waals surface area (Å²) in [5, 5.41) is 5.34. The van der Waals surface area contributed by atoms with Gasteiger partial charge in [-0.05, 0) is 18.9 Å². The Balaban J connectivity index is 1.94. The standard InChI is InChI=1S/C14H16BrN3O/c1-17-12-5-3-2-4-11(12)13(16-17)14(19)18-8-6-10(15)7-9-18/h2-5,10H,6-9H2,1H3. The molecular formula is C14H16BrN3O. The van der Waals surface area contributed by atoms with Gasteiger partial charge in [-0.1, -0.05) is 34.1 Å². The Bertz CT molecular complexity index is 614. The van der Waals surface area contributed by atoms with Crippen molar-refractivity contribution in [3.05, 3.63) is 30.0 Å². The molecule has 0 N–H and O–H groups in total. The fourth-order valence-corrected chi connectivity index (χ4v) is 2.98. The van der Waals surface area contributed by atoms with Crippen molar-refractivity contribution in [2.45, 2.75) is 17.7 Å². The Morgan fingerprint density at radius 2 is 2.00 bits per heavy atom. The lowest BCUT2D eigenvalue weighted by Crippen LogP contribution is -2.39. The highest BCUT2D eigenvalue weighted by atomic mass is 79.9. The molecule has 0 unspecified atom stereocenters. The van der Waals surface area contributed by atoms with E-state index in [0.29, 0.717) is 10.5 Å². The van der Waals surface area contributed by atoms with E-state index in [9.17, 15) is 4.79 Å². The molecule has 0 bridgehead atoms. The molecule has 1 fully saturated rings. The molecular weight excluding hydrogens is 306 g/mol.